The van der Waals surface area contributed by atoms with E-state index < -0.39 is 5.82 Å². The molecular weight excluding hydrogens is 435 g/mol. The second-order valence-corrected chi connectivity index (χ2v) is 8.65. The zero-order valence-electron chi connectivity index (χ0n) is 16.3. The van der Waals surface area contributed by atoms with E-state index in [2.05, 4.69) is 9.97 Å². The molecule has 3 heterocycles. The smallest absolute Gasteiger partial charge is 0.266 e. The van der Waals surface area contributed by atoms with Gasteiger partial charge in [-0.3, -0.25) is 18.6 Å². The molecule has 3 aromatic heterocycles. The van der Waals surface area contributed by atoms with Crippen LogP contribution in [0.4, 0.5) is 4.39 Å². The van der Waals surface area contributed by atoms with E-state index in [0.29, 0.717) is 32.5 Å². The summed E-state index contributed by atoms with van der Waals surface area (Å²) in [6, 6.07) is 14.5. The van der Waals surface area contributed by atoms with Crippen LogP contribution in [0.1, 0.15) is 11.4 Å². The Morgan fingerprint density at radius 2 is 1.84 bits per heavy atom. The van der Waals surface area contributed by atoms with E-state index in [-0.39, 0.29) is 16.8 Å². The van der Waals surface area contributed by atoms with Crippen LogP contribution in [0.25, 0.3) is 21.6 Å². The van der Waals surface area contributed by atoms with Crippen molar-refractivity contribution in [3.63, 3.8) is 0 Å². The van der Waals surface area contributed by atoms with Gasteiger partial charge in [0.15, 0.2) is 10.1 Å². The molecule has 0 saturated carbocycles. The van der Waals surface area contributed by atoms with E-state index in [1.54, 1.807) is 46.9 Å². The Bertz CT molecular complexity index is 1570. The lowest BCUT2D eigenvalue weighted by atomic mass is 10.2. The molecule has 6 nitrogen and oxygen atoms in total. The van der Waals surface area contributed by atoms with Crippen LogP contribution in [-0.2, 0) is 5.75 Å². The highest BCUT2D eigenvalue weighted by molar-refractivity contribution is 7.98. The van der Waals surface area contributed by atoms with Crippen molar-refractivity contribution in [2.24, 2.45) is 0 Å². The highest BCUT2D eigenvalue weighted by Gasteiger charge is 2.16. The molecule has 5 aromatic rings. The Hall–Kier alpha value is -3.30. The number of thioether (sulfide) groups is 1. The van der Waals surface area contributed by atoms with Gasteiger partial charge in [-0.2, -0.15) is 0 Å². The number of aryl methyl sites for hydroxylation is 1. The number of rotatable bonds is 4. The van der Waals surface area contributed by atoms with Crippen molar-refractivity contribution in [3.05, 3.63) is 97.9 Å². The minimum Gasteiger partial charge on any atom is -0.269 e. The molecule has 2 aromatic carbocycles. The molecule has 0 unspecified atom stereocenters. The summed E-state index contributed by atoms with van der Waals surface area (Å²) in [6.45, 7) is 1.85. The van der Waals surface area contributed by atoms with Gasteiger partial charge in [0.25, 0.3) is 11.1 Å². The highest BCUT2D eigenvalue weighted by Crippen LogP contribution is 2.25. The van der Waals surface area contributed by atoms with Gasteiger partial charge in [0.05, 0.1) is 22.3 Å². The van der Waals surface area contributed by atoms with Crippen LogP contribution >= 0.6 is 23.1 Å². The molecular formula is C22H15FN4O2S2. The average molecular weight is 451 g/mol. The molecule has 0 atom stereocenters. The largest absolute Gasteiger partial charge is 0.269 e. The first-order valence-electron chi connectivity index (χ1n) is 9.39. The third kappa shape index (κ3) is 3.45. The average Bonchev–Trinajstić information content (AvgIpc) is 3.14. The van der Waals surface area contributed by atoms with Gasteiger partial charge in [-0.1, -0.05) is 36.0 Å². The fourth-order valence-electron chi connectivity index (χ4n) is 3.37. The van der Waals surface area contributed by atoms with Gasteiger partial charge >= 0.3 is 0 Å². The first kappa shape index (κ1) is 19.7. The molecule has 0 fully saturated rings. The number of hydrogen-bond donors (Lipinski definition) is 0. The molecule has 0 aliphatic heterocycles. The number of halogens is 1. The van der Waals surface area contributed by atoms with Gasteiger partial charge in [-0.25, -0.2) is 14.4 Å². The Balaban J connectivity index is 1.63. The number of hydrogen-bond acceptors (Lipinski definition) is 6. The van der Waals surface area contributed by atoms with Crippen LogP contribution in [0.5, 0.6) is 0 Å². The predicted octanol–water partition coefficient (Wildman–Crippen LogP) is 4.19. The van der Waals surface area contributed by atoms with Crippen LogP contribution in [-0.4, -0.2) is 18.9 Å². The Kier molecular flexibility index (Phi) is 4.91. The van der Waals surface area contributed by atoms with E-state index in [4.69, 9.17) is 0 Å². The predicted molar refractivity (Wildman–Crippen MR) is 121 cm³/mol. The van der Waals surface area contributed by atoms with Crippen LogP contribution in [0.2, 0.25) is 0 Å². The Morgan fingerprint density at radius 1 is 1.06 bits per heavy atom. The van der Waals surface area contributed by atoms with Crippen molar-refractivity contribution in [1.29, 1.82) is 0 Å². The molecule has 31 heavy (non-hydrogen) atoms. The number of fused-ring (bicyclic) bond motifs is 2. The van der Waals surface area contributed by atoms with E-state index in [9.17, 15) is 14.0 Å². The number of thiazole rings is 1. The van der Waals surface area contributed by atoms with Gasteiger partial charge < -0.3 is 0 Å². The third-order valence-electron chi connectivity index (χ3n) is 4.82. The fraction of sp³-hybridized carbons (Fsp3) is 0.0909. The van der Waals surface area contributed by atoms with Crippen LogP contribution in [0.15, 0.2) is 74.7 Å². The van der Waals surface area contributed by atoms with Crippen LogP contribution in [0, 0.1) is 12.7 Å². The van der Waals surface area contributed by atoms with E-state index in [0.717, 1.165) is 5.69 Å². The molecule has 9 heteroatoms. The van der Waals surface area contributed by atoms with Gasteiger partial charge in [0, 0.05) is 22.9 Å². The lowest BCUT2D eigenvalue weighted by molar-refractivity contribution is 0.608. The van der Waals surface area contributed by atoms with Crippen molar-refractivity contribution >= 4 is 39.0 Å². The van der Waals surface area contributed by atoms with Gasteiger partial charge in [-0.15, -0.1) is 11.3 Å². The van der Waals surface area contributed by atoms with Gasteiger partial charge in [-0.05, 0) is 31.2 Å². The monoisotopic (exact) mass is 450 g/mol. The fourth-order valence-corrected chi connectivity index (χ4v) is 5.16. The standard InChI is InChI=1S/C22H15FN4O2S2/c1-13-11-30-21-24-14(10-19(28)26(13)21)12-31-22-25-17-8-4-2-6-15(17)20(29)27(22)18-9-5-3-7-16(18)23/h2-11H,12H2,1H3. The lowest BCUT2D eigenvalue weighted by Gasteiger charge is -2.13. The molecule has 154 valence electrons. The molecule has 0 radical (unpaired) electrons. The van der Waals surface area contributed by atoms with Crippen molar-refractivity contribution in [1.82, 2.24) is 18.9 Å². The van der Waals surface area contributed by atoms with Crippen molar-refractivity contribution < 1.29 is 4.39 Å². The molecule has 0 N–H and O–H groups in total. The molecule has 5 rings (SSSR count). The second kappa shape index (κ2) is 7.75. The van der Waals surface area contributed by atoms with Crippen LogP contribution in [0.3, 0.4) is 0 Å². The molecule has 0 aliphatic rings. The maximum atomic E-state index is 14.6. The van der Waals surface area contributed by atoms with Gasteiger partial charge in [0.1, 0.15) is 5.82 Å². The minimum atomic E-state index is -0.518. The molecule has 0 aliphatic carbocycles. The lowest BCUT2D eigenvalue weighted by Crippen LogP contribution is -2.22. The number of aromatic nitrogens is 4. The quantitative estimate of drug-likeness (QED) is 0.303. The topological polar surface area (TPSA) is 69.3 Å². The minimum absolute atomic E-state index is 0.130. The Labute approximate surface area is 183 Å². The van der Waals surface area contributed by atoms with Crippen molar-refractivity contribution in [3.8, 4) is 5.69 Å². The number of benzene rings is 2. The molecule has 0 amide bonds. The zero-order chi connectivity index (χ0) is 21.5. The van der Waals surface area contributed by atoms with E-state index in [1.807, 2.05) is 12.3 Å². The summed E-state index contributed by atoms with van der Waals surface area (Å²) in [5.74, 6) is -0.211. The third-order valence-corrected chi connectivity index (χ3v) is 6.73. The van der Waals surface area contributed by atoms with Gasteiger partial charge in [0.2, 0.25) is 0 Å². The summed E-state index contributed by atoms with van der Waals surface area (Å²) in [6.07, 6.45) is 0. The zero-order valence-corrected chi connectivity index (χ0v) is 17.9. The summed E-state index contributed by atoms with van der Waals surface area (Å²) in [7, 11) is 0. The number of para-hydroxylation sites is 2. The SMILES string of the molecule is Cc1csc2nc(CSc3nc4ccccc4c(=O)n3-c3ccccc3F)cc(=O)n12. The second-order valence-electron chi connectivity index (χ2n) is 6.87. The van der Waals surface area contributed by atoms with E-state index >= 15 is 0 Å². The summed E-state index contributed by atoms with van der Waals surface area (Å²) in [5, 5.41) is 2.61. The number of nitrogens with zero attached hydrogens (tertiary/aromatic N) is 4. The first-order valence-corrected chi connectivity index (χ1v) is 11.3. The van der Waals surface area contributed by atoms with E-state index in [1.165, 1.54) is 39.8 Å². The van der Waals surface area contributed by atoms with Crippen molar-refractivity contribution in [2.45, 2.75) is 17.8 Å². The molecule has 0 spiro atoms. The van der Waals surface area contributed by atoms with Crippen molar-refractivity contribution in [2.75, 3.05) is 0 Å². The Morgan fingerprint density at radius 3 is 2.68 bits per heavy atom. The van der Waals surface area contributed by atoms with Crippen LogP contribution < -0.4 is 11.1 Å². The summed E-state index contributed by atoms with van der Waals surface area (Å²) < 4.78 is 17.4. The summed E-state index contributed by atoms with van der Waals surface area (Å²) in [5.41, 5.74) is 1.55. The summed E-state index contributed by atoms with van der Waals surface area (Å²) in [4.78, 5) is 35.4. The summed E-state index contributed by atoms with van der Waals surface area (Å²) >= 11 is 2.63. The first-order chi connectivity index (χ1) is 15.0. The highest BCUT2D eigenvalue weighted by atomic mass is 32.2. The molecule has 0 saturated heterocycles. The molecule has 0 bridgehead atoms. The normalized spacial score (nSPS) is 11.4. The maximum absolute atomic E-state index is 14.6. The maximum Gasteiger partial charge on any atom is 0.266 e.